The van der Waals surface area contributed by atoms with Crippen molar-refractivity contribution in [3.63, 3.8) is 0 Å². The number of ether oxygens (including phenoxy) is 1. The second-order valence-electron chi connectivity index (χ2n) is 7.56. The molecule has 0 aliphatic carbocycles. The highest BCUT2D eigenvalue weighted by Crippen LogP contribution is 2.17. The van der Waals surface area contributed by atoms with Crippen LogP contribution in [0.3, 0.4) is 0 Å². The van der Waals surface area contributed by atoms with Gasteiger partial charge < -0.3 is 15.0 Å². The highest BCUT2D eigenvalue weighted by atomic mass is 16.5. The van der Waals surface area contributed by atoms with Gasteiger partial charge in [0.15, 0.2) is 0 Å². The molecule has 2 aromatic carbocycles. The van der Waals surface area contributed by atoms with Crippen LogP contribution in [0.2, 0.25) is 0 Å². The number of hydrogen-bond acceptors (Lipinski definition) is 3. The number of nitrogens with one attached hydrogen (secondary N) is 1. The van der Waals surface area contributed by atoms with Crippen molar-refractivity contribution in [1.82, 2.24) is 10.2 Å². The Bertz CT molecular complexity index is 749. The molecule has 4 heteroatoms. The number of piperidine rings is 1. The first-order valence-electron chi connectivity index (χ1n) is 9.80. The number of amides is 1. The molecular weight excluding hydrogens is 336 g/mol. The summed E-state index contributed by atoms with van der Waals surface area (Å²) in [6, 6.07) is 17.0. The highest BCUT2D eigenvalue weighted by Gasteiger charge is 2.24. The Balaban J connectivity index is 1.47. The lowest BCUT2D eigenvalue weighted by Crippen LogP contribution is -2.47. The van der Waals surface area contributed by atoms with Gasteiger partial charge in [-0.25, -0.2) is 0 Å². The molecule has 0 spiro atoms. The van der Waals surface area contributed by atoms with Gasteiger partial charge in [0.05, 0.1) is 7.11 Å². The van der Waals surface area contributed by atoms with Crippen molar-refractivity contribution >= 4 is 5.91 Å². The van der Waals surface area contributed by atoms with E-state index in [2.05, 4.69) is 24.4 Å². The lowest BCUT2D eigenvalue weighted by atomic mass is 10.0. The van der Waals surface area contributed by atoms with Crippen molar-refractivity contribution in [1.29, 1.82) is 0 Å². The second-order valence-corrected chi connectivity index (χ2v) is 7.56. The van der Waals surface area contributed by atoms with Crippen molar-refractivity contribution in [3.05, 3.63) is 65.2 Å². The summed E-state index contributed by atoms with van der Waals surface area (Å²) in [5.74, 6) is 1.06. The van der Waals surface area contributed by atoms with Crippen LogP contribution in [0, 0.1) is 6.92 Å². The molecule has 1 aliphatic rings. The molecule has 0 aromatic heterocycles. The predicted molar refractivity (Wildman–Crippen MR) is 109 cm³/mol. The van der Waals surface area contributed by atoms with Gasteiger partial charge in [-0.1, -0.05) is 29.8 Å². The van der Waals surface area contributed by atoms with Gasteiger partial charge in [-0.2, -0.15) is 0 Å². The maximum atomic E-state index is 12.6. The fourth-order valence-electron chi connectivity index (χ4n) is 3.74. The molecule has 1 unspecified atom stereocenters. The average Bonchev–Trinajstić information content (AvgIpc) is 2.68. The standard InChI is InChI=1S/C23H30N2O2/c1-17-7-9-20(10-8-17)23(26)25-13-11-21(12-14-25)24-18(2)15-19-5-4-6-22(16-19)27-3/h4-10,16,18,21,24H,11-15H2,1-3H3. The monoisotopic (exact) mass is 366 g/mol. The quantitative estimate of drug-likeness (QED) is 0.845. The number of methoxy groups -OCH3 is 1. The SMILES string of the molecule is COc1cccc(CC(C)NC2CCN(C(=O)c3ccc(C)cc3)CC2)c1. The third kappa shape index (κ3) is 5.33. The molecule has 1 N–H and O–H groups in total. The van der Waals surface area contributed by atoms with Gasteiger partial charge in [-0.15, -0.1) is 0 Å². The third-order valence-electron chi connectivity index (χ3n) is 5.28. The number of likely N-dealkylation sites (tertiary alicyclic amines) is 1. The van der Waals surface area contributed by atoms with Gasteiger partial charge >= 0.3 is 0 Å². The Morgan fingerprint density at radius 1 is 1.19 bits per heavy atom. The van der Waals surface area contributed by atoms with Crippen LogP contribution in [0.15, 0.2) is 48.5 Å². The summed E-state index contributed by atoms with van der Waals surface area (Å²) in [5, 5.41) is 3.73. The van der Waals surface area contributed by atoms with Crippen LogP contribution in [0.1, 0.15) is 41.3 Å². The third-order valence-corrected chi connectivity index (χ3v) is 5.28. The van der Waals surface area contributed by atoms with Crippen molar-refractivity contribution < 1.29 is 9.53 Å². The first-order chi connectivity index (χ1) is 13.0. The Morgan fingerprint density at radius 3 is 2.56 bits per heavy atom. The first kappa shape index (κ1) is 19.4. The maximum Gasteiger partial charge on any atom is 0.253 e. The van der Waals surface area contributed by atoms with Gasteiger partial charge in [-0.3, -0.25) is 4.79 Å². The number of benzene rings is 2. The van der Waals surface area contributed by atoms with E-state index in [1.165, 1.54) is 11.1 Å². The number of carbonyl (C=O) groups excluding carboxylic acids is 1. The zero-order valence-corrected chi connectivity index (χ0v) is 16.6. The van der Waals surface area contributed by atoms with Gasteiger partial charge in [0.1, 0.15) is 5.75 Å². The molecule has 1 atom stereocenters. The molecule has 27 heavy (non-hydrogen) atoms. The predicted octanol–water partition coefficient (Wildman–Crippen LogP) is 3.83. The van der Waals surface area contributed by atoms with E-state index in [0.29, 0.717) is 12.1 Å². The molecule has 0 saturated carbocycles. The molecule has 1 fully saturated rings. The number of aryl methyl sites for hydroxylation is 1. The van der Waals surface area contributed by atoms with Crippen molar-refractivity contribution in [2.75, 3.05) is 20.2 Å². The molecule has 4 nitrogen and oxygen atoms in total. The van der Waals surface area contributed by atoms with E-state index in [4.69, 9.17) is 4.74 Å². The summed E-state index contributed by atoms with van der Waals surface area (Å²) in [5.41, 5.74) is 3.25. The largest absolute Gasteiger partial charge is 0.497 e. The van der Waals surface area contributed by atoms with Crippen LogP contribution < -0.4 is 10.1 Å². The molecule has 0 radical (unpaired) electrons. The van der Waals surface area contributed by atoms with E-state index in [1.54, 1.807) is 7.11 Å². The van der Waals surface area contributed by atoms with Crippen molar-refractivity contribution in [2.24, 2.45) is 0 Å². The Hall–Kier alpha value is -2.33. The van der Waals surface area contributed by atoms with Crippen LogP contribution in [0.25, 0.3) is 0 Å². The van der Waals surface area contributed by atoms with Gasteiger partial charge in [0.2, 0.25) is 0 Å². The van der Waals surface area contributed by atoms with Crippen LogP contribution in [0.5, 0.6) is 5.75 Å². The van der Waals surface area contributed by atoms with E-state index in [-0.39, 0.29) is 5.91 Å². The van der Waals surface area contributed by atoms with E-state index in [1.807, 2.05) is 48.2 Å². The number of nitrogens with zero attached hydrogens (tertiary/aromatic N) is 1. The van der Waals surface area contributed by atoms with E-state index in [0.717, 1.165) is 43.7 Å². The molecule has 3 rings (SSSR count). The fourth-order valence-corrected chi connectivity index (χ4v) is 3.74. The molecule has 1 amide bonds. The topological polar surface area (TPSA) is 41.6 Å². The molecule has 1 saturated heterocycles. The zero-order valence-electron chi connectivity index (χ0n) is 16.6. The average molecular weight is 367 g/mol. The van der Waals surface area contributed by atoms with Crippen LogP contribution in [-0.4, -0.2) is 43.1 Å². The van der Waals surface area contributed by atoms with E-state index < -0.39 is 0 Å². The molecule has 0 bridgehead atoms. The minimum Gasteiger partial charge on any atom is -0.497 e. The summed E-state index contributed by atoms with van der Waals surface area (Å²) in [4.78, 5) is 14.6. The number of hydrogen-bond donors (Lipinski definition) is 1. The summed E-state index contributed by atoms with van der Waals surface area (Å²) >= 11 is 0. The van der Waals surface area contributed by atoms with Crippen molar-refractivity contribution in [2.45, 2.75) is 45.2 Å². The Morgan fingerprint density at radius 2 is 1.89 bits per heavy atom. The van der Waals surface area contributed by atoms with Crippen molar-refractivity contribution in [3.8, 4) is 5.75 Å². The Labute approximate surface area is 162 Å². The summed E-state index contributed by atoms with van der Waals surface area (Å²) in [6.07, 6.45) is 2.97. The molecule has 1 aliphatic heterocycles. The molecule has 1 heterocycles. The summed E-state index contributed by atoms with van der Waals surface area (Å²) in [7, 11) is 1.70. The first-order valence-corrected chi connectivity index (χ1v) is 9.80. The Kier molecular flexibility index (Phi) is 6.51. The molecular formula is C23H30N2O2. The van der Waals surface area contributed by atoms with E-state index in [9.17, 15) is 4.79 Å². The molecule has 2 aromatic rings. The minimum absolute atomic E-state index is 0.151. The lowest BCUT2D eigenvalue weighted by molar-refractivity contribution is 0.0702. The lowest BCUT2D eigenvalue weighted by Gasteiger charge is -2.34. The second kappa shape index (κ2) is 9.05. The van der Waals surface area contributed by atoms with Gasteiger partial charge in [-0.05, 0) is 62.9 Å². The number of rotatable bonds is 6. The van der Waals surface area contributed by atoms with Gasteiger partial charge in [0.25, 0.3) is 5.91 Å². The summed E-state index contributed by atoms with van der Waals surface area (Å²) in [6.45, 7) is 5.90. The minimum atomic E-state index is 0.151. The zero-order chi connectivity index (χ0) is 19.2. The smallest absolute Gasteiger partial charge is 0.253 e. The fraction of sp³-hybridized carbons (Fsp3) is 0.435. The van der Waals surface area contributed by atoms with E-state index >= 15 is 0 Å². The summed E-state index contributed by atoms with van der Waals surface area (Å²) < 4.78 is 5.31. The van der Waals surface area contributed by atoms with Gasteiger partial charge in [0, 0.05) is 30.7 Å². The maximum absolute atomic E-state index is 12.6. The normalized spacial score (nSPS) is 16.2. The number of carbonyl (C=O) groups is 1. The highest BCUT2D eigenvalue weighted by molar-refractivity contribution is 5.94. The van der Waals surface area contributed by atoms with Crippen LogP contribution >= 0.6 is 0 Å². The van der Waals surface area contributed by atoms with Crippen LogP contribution in [0.4, 0.5) is 0 Å². The van der Waals surface area contributed by atoms with Crippen LogP contribution in [-0.2, 0) is 6.42 Å². The molecule has 144 valence electrons.